The maximum atomic E-state index is 6.26. The molecule has 0 aliphatic carbocycles. The van der Waals surface area contributed by atoms with E-state index in [1.165, 1.54) is 4.88 Å². The molecule has 0 fully saturated rings. The van der Waals surface area contributed by atoms with Crippen LogP contribution in [0.5, 0.6) is 0 Å². The van der Waals surface area contributed by atoms with Crippen LogP contribution < -0.4 is 0 Å². The number of thiophene rings is 1. The van der Waals surface area contributed by atoms with Crippen molar-refractivity contribution in [2.24, 2.45) is 0 Å². The molecule has 0 saturated carbocycles. The van der Waals surface area contributed by atoms with Crippen LogP contribution in [0.15, 0.2) is 24.4 Å². The molecule has 0 aliphatic heterocycles. The molecule has 0 saturated heterocycles. The summed E-state index contributed by atoms with van der Waals surface area (Å²) in [5, 5.41) is 1.43. The summed E-state index contributed by atoms with van der Waals surface area (Å²) >= 11 is 7.93. The molecule has 0 N–H and O–H groups in total. The van der Waals surface area contributed by atoms with Gasteiger partial charge in [-0.3, -0.25) is 4.98 Å². The van der Waals surface area contributed by atoms with E-state index >= 15 is 0 Å². The Bertz CT molecular complexity index is 752. The molecule has 5 heteroatoms. The van der Waals surface area contributed by atoms with Gasteiger partial charge in [0, 0.05) is 16.5 Å². The van der Waals surface area contributed by atoms with E-state index in [-0.39, 0.29) is 0 Å². The largest absolute Gasteiger partial charge is 0.253 e. The molecule has 0 aromatic carbocycles. The third-order valence-corrected chi connectivity index (χ3v) is 4.43. The molecule has 0 spiro atoms. The second-order valence-electron chi connectivity index (χ2n) is 4.29. The number of fused-ring (bicyclic) bond motifs is 1. The standard InChI is InChI=1S/C14H12ClN3S/c1-3-9-7-10-12(15)17-13(18-14(10)19-9)11-8(2)5-4-6-16-11/h4-7H,3H2,1-2H3. The van der Waals surface area contributed by atoms with Gasteiger partial charge in [0.05, 0.1) is 0 Å². The van der Waals surface area contributed by atoms with Crippen molar-refractivity contribution in [3.63, 3.8) is 0 Å². The van der Waals surface area contributed by atoms with Gasteiger partial charge in [0.1, 0.15) is 15.7 Å². The Labute approximate surface area is 120 Å². The summed E-state index contributed by atoms with van der Waals surface area (Å²) in [6.45, 7) is 4.12. The molecule has 0 amide bonds. The third kappa shape index (κ3) is 2.22. The Kier molecular flexibility index (Phi) is 3.21. The molecule has 3 rings (SSSR count). The first-order chi connectivity index (χ1) is 9.19. The zero-order valence-corrected chi connectivity index (χ0v) is 12.2. The molecule has 3 nitrogen and oxygen atoms in total. The van der Waals surface area contributed by atoms with Crippen LogP contribution in [0.1, 0.15) is 17.4 Å². The third-order valence-electron chi connectivity index (χ3n) is 2.97. The van der Waals surface area contributed by atoms with Crippen LogP contribution in [-0.4, -0.2) is 15.0 Å². The number of pyridine rings is 1. The van der Waals surface area contributed by atoms with Gasteiger partial charge in [-0.1, -0.05) is 24.6 Å². The Morgan fingerprint density at radius 1 is 1.32 bits per heavy atom. The average Bonchev–Trinajstić information content (AvgIpc) is 2.83. The van der Waals surface area contributed by atoms with E-state index in [1.54, 1.807) is 17.5 Å². The first-order valence-corrected chi connectivity index (χ1v) is 7.26. The first-order valence-electron chi connectivity index (χ1n) is 6.07. The summed E-state index contributed by atoms with van der Waals surface area (Å²) in [6, 6.07) is 5.96. The second-order valence-corrected chi connectivity index (χ2v) is 5.77. The minimum absolute atomic E-state index is 0.501. The molecule has 0 atom stereocenters. The fourth-order valence-electron chi connectivity index (χ4n) is 1.94. The minimum Gasteiger partial charge on any atom is -0.253 e. The van der Waals surface area contributed by atoms with Crippen molar-refractivity contribution in [3.8, 4) is 11.5 Å². The lowest BCUT2D eigenvalue weighted by molar-refractivity contribution is 1.16. The quantitative estimate of drug-likeness (QED) is 0.661. The Morgan fingerprint density at radius 2 is 2.16 bits per heavy atom. The Balaban J connectivity index is 2.23. The number of hydrogen-bond donors (Lipinski definition) is 0. The van der Waals surface area contributed by atoms with Crippen LogP contribution in [-0.2, 0) is 6.42 Å². The monoisotopic (exact) mass is 289 g/mol. The summed E-state index contributed by atoms with van der Waals surface area (Å²) < 4.78 is 0. The highest BCUT2D eigenvalue weighted by molar-refractivity contribution is 7.18. The van der Waals surface area contributed by atoms with E-state index in [4.69, 9.17) is 11.6 Å². The fraction of sp³-hybridized carbons (Fsp3) is 0.214. The number of nitrogens with zero attached hydrogens (tertiary/aromatic N) is 3. The van der Waals surface area contributed by atoms with E-state index in [0.29, 0.717) is 11.0 Å². The van der Waals surface area contributed by atoms with Crippen molar-refractivity contribution in [3.05, 3.63) is 40.0 Å². The number of rotatable bonds is 2. The zero-order chi connectivity index (χ0) is 13.4. The summed E-state index contributed by atoms with van der Waals surface area (Å²) in [4.78, 5) is 15.5. The second kappa shape index (κ2) is 4.87. The number of aromatic nitrogens is 3. The van der Waals surface area contributed by atoms with Gasteiger partial charge in [-0.25, -0.2) is 9.97 Å². The first kappa shape index (κ1) is 12.5. The van der Waals surface area contributed by atoms with Crippen LogP contribution >= 0.6 is 22.9 Å². The topological polar surface area (TPSA) is 38.7 Å². The van der Waals surface area contributed by atoms with Crippen molar-refractivity contribution < 1.29 is 0 Å². The average molecular weight is 290 g/mol. The SMILES string of the molecule is CCc1cc2c(Cl)nc(-c3ncccc3C)nc2s1. The maximum Gasteiger partial charge on any atom is 0.181 e. The number of aryl methyl sites for hydroxylation is 2. The molecule has 96 valence electrons. The predicted molar refractivity (Wildman–Crippen MR) is 79.8 cm³/mol. The van der Waals surface area contributed by atoms with Gasteiger partial charge in [0.25, 0.3) is 0 Å². The Hall–Kier alpha value is -1.52. The lowest BCUT2D eigenvalue weighted by atomic mass is 10.2. The molecule has 19 heavy (non-hydrogen) atoms. The molecule has 0 unspecified atom stereocenters. The fourth-order valence-corrected chi connectivity index (χ4v) is 3.18. The van der Waals surface area contributed by atoms with Gasteiger partial charge in [-0.05, 0) is 31.0 Å². The molecule has 3 heterocycles. The molecular weight excluding hydrogens is 278 g/mol. The van der Waals surface area contributed by atoms with E-state index in [9.17, 15) is 0 Å². The van der Waals surface area contributed by atoms with Gasteiger partial charge in [0.15, 0.2) is 5.82 Å². The molecule has 0 bridgehead atoms. The lowest BCUT2D eigenvalue weighted by Gasteiger charge is -2.03. The molecule has 3 aromatic rings. The van der Waals surface area contributed by atoms with Crippen LogP contribution in [0.25, 0.3) is 21.7 Å². The summed E-state index contributed by atoms with van der Waals surface area (Å²) in [6.07, 6.45) is 2.73. The highest BCUT2D eigenvalue weighted by atomic mass is 35.5. The normalized spacial score (nSPS) is 11.1. The summed E-state index contributed by atoms with van der Waals surface area (Å²) in [7, 11) is 0. The van der Waals surface area contributed by atoms with Gasteiger partial charge in [-0.2, -0.15) is 0 Å². The van der Waals surface area contributed by atoms with Gasteiger partial charge >= 0.3 is 0 Å². The van der Waals surface area contributed by atoms with Crippen molar-refractivity contribution in [1.29, 1.82) is 0 Å². The van der Waals surface area contributed by atoms with E-state index in [2.05, 4.69) is 27.9 Å². The van der Waals surface area contributed by atoms with Crippen molar-refractivity contribution in [2.45, 2.75) is 20.3 Å². The number of hydrogen-bond acceptors (Lipinski definition) is 4. The van der Waals surface area contributed by atoms with Crippen molar-refractivity contribution >= 4 is 33.2 Å². The summed E-state index contributed by atoms with van der Waals surface area (Å²) in [5.41, 5.74) is 1.84. The van der Waals surface area contributed by atoms with Crippen molar-refractivity contribution in [1.82, 2.24) is 15.0 Å². The van der Waals surface area contributed by atoms with Crippen molar-refractivity contribution in [2.75, 3.05) is 0 Å². The molecule has 3 aromatic heterocycles. The predicted octanol–water partition coefficient (Wildman–Crippen LogP) is 4.28. The number of halogens is 1. The van der Waals surface area contributed by atoms with Crippen LogP contribution in [0.2, 0.25) is 5.15 Å². The van der Waals surface area contributed by atoms with E-state index < -0.39 is 0 Å². The molecule has 0 radical (unpaired) electrons. The lowest BCUT2D eigenvalue weighted by Crippen LogP contribution is -1.94. The van der Waals surface area contributed by atoms with Gasteiger partial charge < -0.3 is 0 Å². The molecule has 0 aliphatic rings. The highest BCUT2D eigenvalue weighted by Crippen LogP contribution is 2.31. The van der Waals surface area contributed by atoms with E-state index in [0.717, 1.165) is 27.9 Å². The smallest absolute Gasteiger partial charge is 0.181 e. The van der Waals surface area contributed by atoms with Crippen LogP contribution in [0.4, 0.5) is 0 Å². The van der Waals surface area contributed by atoms with Crippen LogP contribution in [0.3, 0.4) is 0 Å². The van der Waals surface area contributed by atoms with E-state index in [1.807, 2.05) is 19.1 Å². The summed E-state index contributed by atoms with van der Waals surface area (Å²) in [5.74, 6) is 0.597. The van der Waals surface area contributed by atoms with Crippen LogP contribution in [0, 0.1) is 6.92 Å². The molecular formula is C14H12ClN3S. The minimum atomic E-state index is 0.501. The zero-order valence-electron chi connectivity index (χ0n) is 10.6. The van der Waals surface area contributed by atoms with Gasteiger partial charge in [0.2, 0.25) is 0 Å². The highest BCUT2D eigenvalue weighted by Gasteiger charge is 2.13. The Morgan fingerprint density at radius 3 is 2.89 bits per heavy atom. The maximum absolute atomic E-state index is 6.26. The van der Waals surface area contributed by atoms with Gasteiger partial charge in [-0.15, -0.1) is 11.3 Å².